The van der Waals surface area contributed by atoms with Crippen LogP contribution in [0.3, 0.4) is 0 Å². The van der Waals surface area contributed by atoms with Crippen molar-refractivity contribution in [2.24, 2.45) is 0 Å². The summed E-state index contributed by atoms with van der Waals surface area (Å²) in [5, 5.41) is 13.4. The van der Waals surface area contributed by atoms with Crippen LogP contribution in [0.5, 0.6) is 0 Å². The van der Waals surface area contributed by atoms with Gasteiger partial charge in [-0.3, -0.25) is 4.79 Å². The summed E-state index contributed by atoms with van der Waals surface area (Å²) in [4.78, 5) is 11.4. The summed E-state index contributed by atoms with van der Waals surface area (Å²) < 4.78 is 0. The van der Waals surface area contributed by atoms with Crippen molar-refractivity contribution in [3.63, 3.8) is 0 Å². The maximum absolute atomic E-state index is 11.4. The predicted octanol–water partition coefficient (Wildman–Crippen LogP) is 4.07. The van der Waals surface area contributed by atoms with Gasteiger partial charge in [0.2, 0.25) is 0 Å². The van der Waals surface area contributed by atoms with Crippen LogP contribution >= 0.6 is 11.8 Å². The summed E-state index contributed by atoms with van der Waals surface area (Å²) >= 11 is 2.11. The first-order valence-corrected chi connectivity index (χ1v) is 9.23. The Morgan fingerprint density at radius 1 is 1.30 bits per heavy atom. The van der Waals surface area contributed by atoms with E-state index in [0.717, 1.165) is 37.5 Å². The molecule has 0 aromatic carbocycles. The van der Waals surface area contributed by atoms with Gasteiger partial charge in [0, 0.05) is 5.25 Å². The molecule has 1 saturated carbocycles. The molecule has 3 nitrogen and oxygen atoms in total. The highest BCUT2D eigenvalue weighted by atomic mass is 32.2. The third-order valence-electron chi connectivity index (χ3n) is 4.21. The molecule has 1 aliphatic rings. The number of carboxylic acid groups (broad SMARTS) is 1. The standard InChI is InChI=1S/C16H31NO2S/c1-3-12-17-16(2,15(18)19)11-7-8-13-20-14-9-5-4-6-10-14/h14,17H,3-13H2,1-2H3,(H,18,19). The number of unbranched alkanes of at least 4 members (excludes halogenated alkanes) is 1. The first-order chi connectivity index (χ1) is 9.58. The molecule has 0 heterocycles. The molecular weight excluding hydrogens is 270 g/mol. The van der Waals surface area contributed by atoms with E-state index in [2.05, 4.69) is 24.0 Å². The highest BCUT2D eigenvalue weighted by Crippen LogP contribution is 2.29. The second-order valence-corrected chi connectivity index (χ2v) is 7.56. The maximum atomic E-state index is 11.4. The van der Waals surface area contributed by atoms with E-state index in [1.807, 2.05) is 6.92 Å². The van der Waals surface area contributed by atoms with Gasteiger partial charge in [-0.15, -0.1) is 0 Å². The molecule has 1 fully saturated rings. The highest BCUT2D eigenvalue weighted by molar-refractivity contribution is 7.99. The van der Waals surface area contributed by atoms with E-state index in [4.69, 9.17) is 0 Å². The van der Waals surface area contributed by atoms with Gasteiger partial charge in [-0.05, 0) is 51.3 Å². The lowest BCUT2D eigenvalue weighted by Gasteiger charge is -2.26. The van der Waals surface area contributed by atoms with Crippen LogP contribution in [-0.4, -0.2) is 34.2 Å². The molecule has 1 atom stereocenters. The summed E-state index contributed by atoms with van der Waals surface area (Å²) in [5.74, 6) is 0.472. The molecular formula is C16H31NO2S. The second-order valence-electron chi connectivity index (χ2n) is 6.15. The molecule has 1 aliphatic carbocycles. The van der Waals surface area contributed by atoms with Gasteiger partial charge >= 0.3 is 5.97 Å². The van der Waals surface area contributed by atoms with Gasteiger partial charge in [0.25, 0.3) is 0 Å². The molecule has 0 aromatic heterocycles. The molecule has 1 rings (SSSR count). The third kappa shape index (κ3) is 6.49. The van der Waals surface area contributed by atoms with E-state index in [9.17, 15) is 9.90 Å². The number of aliphatic carboxylic acids is 1. The number of hydrogen-bond acceptors (Lipinski definition) is 3. The molecule has 0 radical (unpaired) electrons. The van der Waals surface area contributed by atoms with Gasteiger partial charge in [0.15, 0.2) is 0 Å². The van der Waals surface area contributed by atoms with Crippen LogP contribution in [0.1, 0.15) is 71.6 Å². The zero-order chi connectivity index (χ0) is 14.8. The Kier molecular flexibility index (Phi) is 8.62. The molecule has 20 heavy (non-hydrogen) atoms. The average Bonchev–Trinajstić information content (AvgIpc) is 2.45. The van der Waals surface area contributed by atoms with Crippen LogP contribution in [0.15, 0.2) is 0 Å². The minimum absolute atomic E-state index is 0.717. The lowest BCUT2D eigenvalue weighted by molar-refractivity contribution is -0.144. The minimum atomic E-state index is -0.745. The van der Waals surface area contributed by atoms with Crippen LogP contribution in [-0.2, 0) is 4.79 Å². The van der Waals surface area contributed by atoms with Gasteiger partial charge in [-0.1, -0.05) is 32.6 Å². The Balaban J connectivity index is 2.15. The Labute approximate surface area is 128 Å². The van der Waals surface area contributed by atoms with Crippen molar-refractivity contribution in [1.82, 2.24) is 5.32 Å². The number of thioether (sulfide) groups is 1. The number of rotatable bonds is 10. The summed E-state index contributed by atoms with van der Waals surface area (Å²) in [6, 6.07) is 0. The third-order valence-corrected chi connectivity index (χ3v) is 5.68. The summed E-state index contributed by atoms with van der Waals surface area (Å²) in [7, 11) is 0. The van der Waals surface area contributed by atoms with Crippen molar-refractivity contribution < 1.29 is 9.90 Å². The van der Waals surface area contributed by atoms with E-state index < -0.39 is 11.5 Å². The van der Waals surface area contributed by atoms with Crippen molar-refractivity contribution in [2.45, 2.75) is 82.4 Å². The van der Waals surface area contributed by atoms with Gasteiger partial charge < -0.3 is 10.4 Å². The molecule has 2 N–H and O–H groups in total. The fraction of sp³-hybridized carbons (Fsp3) is 0.938. The number of nitrogens with one attached hydrogen (secondary N) is 1. The zero-order valence-electron chi connectivity index (χ0n) is 13.1. The molecule has 0 bridgehead atoms. The van der Waals surface area contributed by atoms with E-state index >= 15 is 0 Å². The quantitative estimate of drug-likeness (QED) is 0.597. The fourth-order valence-corrected chi connectivity index (χ4v) is 4.11. The van der Waals surface area contributed by atoms with Crippen LogP contribution < -0.4 is 5.32 Å². The first-order valence-electron chi connectivity index (χ1n) is 8.18. The van der Waals surface area contributed by atoms with E-state index in [1.165, 1.54) is 37.9 Å². The molecule has 1 unspecified atom stereocenters. The van der Waals surface area contributed by atoms with Crippen LogP contribution in [0.25, 0.3) is 0 Å². The average molecular weight is 301 g/mol. The van der Waals surface area contributed by atoms with Crippen molar-refractivity contribution in [2.75, 3.05) is 12.3 Å². The molecule has 0 spiro atoms. The highest BCUT2D eigenvalue weighted by Gasteiger charge is 2.31. The Hall–Kier alpha value is -0.220. The van der Waals surface area contributed by atoms with Crippen LogP contribution in [0.4, 0.5) is 0 Å². The van der Waals surface area contributed by atoms with Crippen LogP contribution in [0, 0.1) is 0 Å². The van der Waals surface area contributed by atoms with Crippen molar-refractivity contribution in [1.29, 1.82) is 0 Å². The molecule has 4 heteroatoms. The van der Waals surface area contributed by atoms with Crippen molar-refractivity contribution >= 4 is 17.7 Å². The van der Waals surface area contributed by atoms with E-state index in [-0.39, 0.29) is 0 Å². The summed E-state index contributed by atoms with van der Waals surface area (Å²) in [5.41, 5.74) is -0.745. The van der Waals surface area contributed by atoms with Crippen molar-refractivity contribution in [3.8, 4) is 0 Å². The molecule has 0 amide bonds. The minimum Gasteiger partial charge on any atom is -0.480 e. The number of hydrogen-bond donors (Lipinski definition) is 2. The molecule has 118 valence electrons. The Morgan fingerprint density at radius 2 is 2.00 bits per heavy atom. The van der Waals surface area contributed by atoms with Gasteiger partial charge in [0.1, 0.15) is 5.54 Å². The Bertz CT molecular complexity index is 280. The second kappa shape index (κ2) is 9.67. The number of carbonyl (C=O) groups is 1. The van der Waals surface area contributed by atoms with E-state index in [0.29, 0.717) is 0 Å². The first kappa shape index (κ1) is 17.8. The lowest BCUT2D eigenvalue weighted by atomic mass is 9.95. The largest absolute Gasteiger partial charge is 0.480 e. The molecule has 0 saturated heterocycles. The smallest absolute Gasteiger partial charge is 0.323 e. The predicted molar refractivity (Wildman–Crippen MR) is 87.5 cm³/mol. The van der Waals surface area contributed by atoms with Crippen LogP contribution in [0.2, 0.25) is 0 Å². The lowest BCUT2D eigenvalue weighted by Crippen LogP contribution is -2.49. The maximum Gasteiger partial charge on any atom is 0.323 e. The van der Waals surface area contributed by atoms with E-state index in [1.54, 1.807) is 0 Å². The van der Waals surface area contributed by atoms with Gasteiger partial charge in [-0.2, -0.15) is 11.8 Å². The fourth-order valence-electron chi connectivity index (χ4n) is 2.73. The van der Waals surface area contributed by atoms with Crippen molar-refractivity contribution in [3.05, 3.63) is 0 Å². The molecule has 0 aromatic rings. The number of carboxylic acids is 1. The normalized spacial score (nSPS) is 19.7. The topological polar surface area (TPSA) is 49.3 Å². The molecule has 0 aliphatic heterocycles. The van der Waals surface area contributed by atoms with Gasteiger partial charge in [-0.25, -0.2) is 0 Å². The van der Waals surface area contributed by atoms with Gasteiger partial charge in [0.05, 0.1) is 0 Å². The zero-order valence-corrected chi connectivity index (χ0v) is 13.9. The summed E-state index contributed by atoms with van der Waals surface area (Å²) in [6.07, 6.45) is 10.8. The SMILES string of the molecule is CCCNC(C)(CCCCSC1CCCCC1)C(=O)O. The monoisotopic (exact) mass is 301 g/mol. The summed E-state index contributed by atoms with van der Waals surface area (Å²) in [6.45, 7) is 4.66. The Morgan fingerprint density at radius 3 is 2.60 bits per heavy atom.